The number of hydrogen-bond donors (Lipinski definition) is 1. The molecule has 5 heteroatoms. The number of ether oxygens (including phenoxy) is 1. The molecule has 0 aliphatic heterocycles. The quantitative estimate of drug-likeness (QED) is 0.697. The molecule has 0 bridgehead atoms. The van der Waals surface area contributed by atoms with Crippen LogP contribution in [0.3, 0.4) is 0 Å². The van der Waals surface area contributed by atoms with E-state index in [1.54, 1.807) is 4.90 Å². The number of rotatable bonds is 9. The lowest BCUT2D eigenvalue weighted by Gasteiger charge is -2.31. The summed E-state index contributed by atoms with van der Waals surface area (Å²) in [5, 5.41) is 2.93. The van der Waals surface area contributed by atoms with Crippen molar-refractivity contribution in [1.29, 1.82) is 0 Å². The van der Waals surface area contributed by atoms with E-state index in [0.29, 0.717) is 18.7 Å². The van der Waals surface area contributed by atoms with Gasteiger partial charge in [0.05, 0.1) is 0 Å². The second-order valence-electron chi connectivity index (χ2n) is 7.70. The minimum absolute atomic E-state index is 0.0106. The number of benzene rings is 2. The Kier molecular flexibility index (Phi) is 8.25. The van der Waals surface area contributed by atoms with Crippen molar-refractivity contribution in [2.75, 3.05) is 6.61 Å². The molecule has 0 aromatic heterocycles. The third-order valence-corrected chi connectivity index (χ3v) is 4.64. The van der Waals surface area contributed by atoms with Crippen molar-refractivity contribution in [2.24, 2.45) is 0 Å². The number of amides is 2. The highest BCUT2D eigenvalue weighted by molar-refractivity contribution is 5.88. The third-order valence-electron chi connectivity index (χ3n) is 4.64. The van der Waals surface area contributed by atoms with Gasteiger partial charge in [-0.2, -0.15) is 0 Å². The Morgan fingerprint density at radius 3 is 2.31 bits per heavy atom. The van der Waals surface area contributed by atoms with Gasteiger partial charge < -0.3 is 15.0 Å². The lowest BCUT2D eigenvalue weighted by molar-refractivity contribution is -0.143. The Balaban J connectivity index is 2.20. The molecule has 0 spiro atoms. The maximum Gasteiger partial charge on any atom is 0.261 e. The Hall–Kier alpha value is -2.82. The molecule has 0 fully saturated rings. The first-order chi connectivity index (χ1) is 13.8. The van der Waals surface area contributed by atoms with E-state index in [2.05, 4.69) is 5.32 Å². The molecule has 5 nitrogen and oxygen atoms in total. The number of aryl methyl sites for hydroxylation is 2. The van der Waals surface area contributed by atoms with E-state index in [-0.39, 0.29) is 24.5 Å². The zero-order chi connectivity index (χ0) is 21.4. The predicted octanol–water partition coefficient (Wildman–Crippen LogP) is 4.01. The van der Waals surface area contributed by atoms with E-state index < -0.39 is 6.04 Å². The highest BCUT2D eigenvalue weighted by Gasteiger charge is 2.29. The zero-order valence-electron chi connectivity index (χ0n) is 18.1. The smallest absolute Gasteiger partial charge is 0.261 e. The average molecular weight is 397 g/mol. The van der Waals surface area contributed by atoms with Crippen LogP contribution >= 0.6 is 0 Å². The van der Waals surface area contributed by atoms with Crippen molar-refractivity contribution in [3.8, 4) is 5.75 Å². The minimum atomic E-state index is -0.549. The molecule has 0 heterocycles. The fourth-order valence-electron chi connectivity index (χ4n) is 3.12. The van der Waals surface area contributed by atoms with Crippen LogP contribution in [0.15, 0.2) is 48.5 Å². The molecular weight excluding hydrogens is 364 g/mol. The van der Waals surface area contributed by atoms with Gasteiger partial charge in [0.1, 0.15) is 11.8 Å². The normalized spacial score (nSPS) is 11.8. The molecule has 0 radical (unpaired) electrons. The Morgan fingerprint density at radius 1 is 1.03 bits per heavy atom. The largest absolute Gasteiger partial charge is 0.484 e. The maximum atomic E-state index is 13.1. The maximum absolute atomic E-state index is 13.1. The number of carbonyl (C=O) groups excluding carboxylic acids is 2. The SMILES string of the molecule is CC[C@@H](C(=O)NC(C)C)N(Cc1ccc(C)cc1)C(=O)COc1cccc(C)c1. The zero-order valence-corrected chi connectivity index (χ0v) is 18.1. The molecule has 0 unspecified atom stereocenters. The van der Waals surface area contributed by atoms with E-state index in [9.17, 15) is 9.59 Å². The topological polar surface area (TPSA) is 58.6 Å². The van der Waals surface area contributed by atoms with Crippen LogP contribution in [0.4, 0.5) is 0 Å². The van der Waals surface area contributed by atoms with Gasteiger partial charge in [0, 0.05) is 12.6 Å². The van der Waals surface area contributed by atoms with Crippen molar-refractivity contribution < 1.29 is 14.3 Å². The van der Waals surface area contributed by atoms with Crippen LogP contribution in [-0.4, -0.2) is 35.4 Å². The lowest BCUT2D eigenvalue weighted by Crippen LogP contribution is -2.51. The van der Waals surface area contributed by atoms with E-state index in [1.165, 1.54) is 0 Å². The molecule has 156 valence electrons. The number of carbonyl (C=O) groups is 2. The molecule has 2 aromatic carbocycles. The van der Waals surface area contributed by atoms with Crippen molar-refractivity contribution in [2.45, 2.75) is 59.7 Å². The van der Waals surface area contributed by atoms with Crippen LogP contribution in [0.25, 0.3) is 0 Å². The van der Waals surface area contributed by atoms with Crippen molar-refractivity contribution in [1.82, 2.24) is 10.2 Å². The molecule has 2 rings (SSSR count). The number of nitrogens with one attached hydrogen (secondary N) is 1. The molecule has 2 amide bonds. The van der Waals surface area contributed by atoms with Crippen molar-refractivity contribution in [3.63, 3.8) is 0 Å². The van der Waals surface area contributed by atoms with Gasteiger partial charge in [0.25, 0.3) is 5.91 Å². The molecular formula is C24H32N2O3. The van der Waals surface area contributed by atoms with Crippen LogP contribution in [-0.2, 0) is 16.1 Å². The summed E-state index contributed by atoms with van der Waals surface area (Å²) in [6.45, 7) is 9.99. The summed E-state index contributed by atoms with van der Waals surface area (Å²) in [7, 11) is 0. The first kappa shape index (κ1) is 22.5. The predicted molar refractivity (Wildman–Crippen MR) is 116 cm³/mol. The first-order valence-electron chi connectivity index (χ1n) is 10.1. The van der Waals surface area contributed by atoms with E-state index in [4.69, 9.17) is 4.74 Å². The average Bonchev–Trinajstić information content (AvgIpc) is 2.67. The van der Waals surface area contributed by atoms with Gasteiger partial charge in [-0.15, -0.1) is 0 Å². The van der Waals surface area contributed by atoms with Gasteiger partial charge in [-0.05, 0) is 57.4 Å². The van der Waals surface area contributed by atoms with Gasteiger partial charge in [0.15, 0.2) is 6.61 Å². The van der Waals surface area contributed by atoms with Gasteiger partial charge in [-0.3, -0.25) is 9.59 Å². The fraction of sp³-hybridized carbons (Fsp3) is 0.417. The number of hydrogen-bond acceptors (Lipinski definition) is 3. The van der Waals surface area contributed by atoms with E-state index in [0.717, 1.165) is 16.7 Å². The molecule has 2 aromatic rings. The van der Waals surface area contributed by atoms with Crippen LogP contribution in [0, 0.1) is 13.8 Å². The highest BCUT2D eigenvalue weighted by Crippen LogP contribution is 2.16. The van der Waals surface area contributed by atoms with Crippen LogP contribution in [0.1, 0.15) is 43.9 Å². The molecule has 1 atom stereocenters. The van der Waals surface area contributed by atoms with Crippen LogP contribution in [0.5, 0.6) is 5.75 Å². The van der Waals surface area contributed by atoms with E-state index >= 15 is 0 Å². The highest BCUT2D eigenvalue weighted by atomic mass is 16.5. The second kappa shape index (κ2) is 10.6. The second-order valence-corrected chi connectivity index (χ2v) is 7.70. The van der Waals surface area contributed by atoms with E-state index in [1.807, 2.05) is 83.1 Å². The summed E-state index contributed by atoms with van der Waals surface area (Å²) in [6.07, 6.45) is 0.528. The Bertz CT molecular complexity index is 815. The third kappa shape index (κ3) is 6.93. The van der Waals surface area contributed by atoms with Crippen LogP contribution in [0.2, 0.25) is 0 Å². The van der Waals surface area contributed by atoms with Crippen LogP contribution < -0.4 is 10.1 Å². The fourth-order valence-corrected chi connectivity index (χ4v) is 3.12. The summed E-state index contributed by atoms with van der Waals surface area (Å²) >= 11 is 0. The molecule has 1 N–H and O–H groups in total. The summed E-state index contributed by atoms with van der Waals surface area (Å²) in [4.78, 5) is 27.5. The van der Waals surface area contributed by atoms with Gasteiger partial charge in [0.2, 0.25) is 5.91 Å². The summed E-state index contributed by atoms with van der Waals surface area (Å²) in [6, 6.07) is 15.0. The monoisotopic (exact) mass is 396 g/mol. The Labute approximate surface area is 174 Å². The lowest BCUT2D eigenvalue weighted by atomic mass is 10.1. The molecule has 29 heavy (non-hydrogen) atoms. The Morgan fingerprint density at radius 2 is 1.72 bits per heavy atom. The summed E-state index contributed by atoms with van der Waals surface area (Å²) in [5.41, 5.74) is 3.20. The van der Waals surface area contributed by atoms with Gasteiger partial charge in [-0.1, -0.05) is 48.9 Å². The van der Waals surface area contributed by atoms with Gasteiger partial charge >= 0.3 is 0 Å². The van der Waals surface area contributed by atoms with Crippen molar-refractivity contribution >= 4 is 11.8 Å². The molecule has 0 aliphatic rings. The molecule has 0 aliphatic carbocycles. The van der Waals surface area contributed by atoms with Crippen molar-refractivity contribution in [3.05, 3.63) is 65.2 Å². The minimum Gasteiger partial charge on any atom is -0.484 e. The summed E-state index contributed by atoms with van der Waals surface area (Å²) in [5.74, 6) is 0.296. The first-order valence-corrected chi connectivity index (χ1v) is 10.1. The standard InChI is InChI=1S/C24H32N2O3/c1-6-22(24(28)25-17(2)3)26(15-20-12-10-18(4)11-13-20)23(27)16-29-21-9-7-8-19(5)14-21/h7-14,17,22H,6,15-16H2,1-5H3,(H,25,28)/t22-/m0/s1. The summed E-state index contributed by atoms with van der Waals surface area (Å²) < 4.78 is 5.72. The van der Waals surface area contributed by atoms with Gasteiger partial charge in [-0.25, -0.2) is 0 Å². The molecule has 0 saturated carbocycles. The number of nitrogens with zero attached hydrogens (tertiary/aromatic N) is 1. The molecule has 0 saturated heterocycles.